The molecule has 0 aliphatic heterocycles. The Balaban J connectivity index is 1.81. The van der Waals surface area contributed by atoms with Gasteiger partial charge in [-0.1, -0.05) is 0 Å². The van der Waals surface area contributed by atoms with E-state index >= 15 is 0 Å². The van der Waals surface area contributed by atoms with Gasteiger partial charge in [-0.25, -0.2) is 4.98 Å². The Morgan fingerprint density at radius 2 is 2.00 bits per heavy atom. The monoisotopic (exact) mass is 260 g/mol. The average Bonchev–Trinajstić information content (AvgIpc) is 3.31. The molecule has 0 N–H and O–H groups in total. The summed E-state index contributed by atoms with van der Waals surface area (Å²) in [5, 5.41) is 0. The number of methoxy groups -OCH3 is 1. The van der Waals surface area contributed by atoms with Gasteiger partial charge in [-0.05, 0) is 49.7 Å². The Labute approximate surface area is 113 Å². The van der Waals surface area contributed by atoms with E-state index in [1.807, 2.05) is 11.9 Å². The normalized spacial score (nSPS) is 18.5. The van der Waals surface area contributed by atoms with Gasteiger partial charge in [0.15, 0.2) is 0 Å². The number of pyridine rings is 1. The van der Waals surface area contributed by atoms with Crippen molar-refractivity contribution >= 4 is 5.91 Å². The van der Waals surface area contributed by atoms with Crippen LogP contribution >= 0.6 is 0 Å². The minimum Gasteiger partial charge on any atom is -0.480 e. The number of nitrogens with zero attached hydrogens (tertiary/aromatic N) is 2. The van der Waals surface area contributed by atoms with Crippen molar-refractivity contribution in [2.45, 2.75) is 31.7 Å². The summed E-state index contributed by atoms with van der Waals surface area (Å²) >= 11 is 0. The molecule has 2 aliphatic carbocycles. The largest absolute Gasteiger partial charge is 0.480 e. The van der Waals surface area contributed by atoms with Gasteiger partial charge in [-0.15, -0.1) is 0 Å². The van der Waals surface area contributed by atoms with Gasteiger partial charge in [0.05, 0.1) is 7.11 Å². The molecule has 4 nitrogen and oxygen atoms in total. The highest BCUT2D eigenvalue weighted by molar-refractivity contribution is 5.96. The van der Waals surface area contributed by atoms with Crippen LogP contribution in [0.1, 0.15) is 36.0 Å². The quantitative estimate of drug-likeness (QED) is 0.816. The summed E-state index contributed by atoms with van der Waals surface area (Å²) in [6.45, 7) is 0. The molecule has 19 heavy (non-hydrogen) atoms. The molecule has 2 fully saturated rings. The molecular formula is C15H20N2O2. The second-order valence-electron chi connectivity index (χ2n) is 5.64. The van der Waals surface area contributed by atoms with Gasteiger partial charge in [0, 0.05) is 19.3 Å². The summed E-state index contributed by atoms with van der Waals surface area (Å²) in [6, 6.07) is 3.99. The molecule has 1 amide bonds. The summed E-state index contributed by atoms with van der Waals surface area (Å²) in [4.78, 5) is 18.7. The van der Waals surface area contributed by atoms with Gasteiger partial charge in [0.25, 0.3) is 5.91 Å². The van der Waals surface area contributed by atoms with Crippen LogP contribution in [-0.4, -0.2) is 36.0 Å². The van der Waals surface area contributed by atoms with Gasteiger partial charge < -0.3 is 9.64 Å². The molecule has 0 unspecified atom stereocenters. The highest BCUT2D eigenvalue weighted by Gasteiger charge is 2.45. The van der Waals surface area contributed by atoms with E-state index in [9.17, 15) is 4.79 Å². The topological polar surface area (TPSA) is 42.4 Å². The Bertz CT molecular complexity index is 469. The van der Waals surface area contributed by atoms with Crippen molar-refractivity contribution in [2.24, 2.45) is 11.8 Å². The molecule has 0 saturated heterocycles. The van der Waals surface area contributed by atoms with Crippen molar-refractivity contribution in [3.63, 3.8) is 0 Å². The van der Waals surface area contributed by atoms with Crippen LogP contribution in [0.4, 0.5) is 0 Å². The fourth-order valence-electron chi connectivity index (χ4n) is 2.93. The first kappa shape index (κ1) is 12.5. The minimum atomic E-state index is 0.0359. The Kier molecular flexibility index (Phi) is 3.17. The number of carbonyl (C=O) groups excluding carboxylic acids is 1. The second-order valence-corrected chi connectivity index (χ2v) is 5.64. The van der Waals surface area contributed by atoms with Crippen LogP contribution in [-0.2, 0) is 0 Å². The third-order valence-corrected chi connectivity index (χ3v) is 4.17. The van der Waals surface area contributed by atoms with Crippen LogP contribution in [0.25, 0.3) is 0 Å². The Hall–Kier alpha value is -1.58. The van der Waals surface area contributed by atoms with Crippen LogP contribution in [0.3, 0.4) is 0 Å². The lowest BCUT2D eigenvalue weighted by atomic mass is 10.0. The first-order valence-electron chi connectivity index (χ1n) is 6.98. The number of amides is 1. The molecule has 1 heterocycles. The van der Waals surface area contributed by atoms with Crippen molar-refractivity contribution in [1.29, 1.82) is 0 Å². The third-order valence-electron chi connectivity index (χ3n) is 4.17. The molecule has 4 heteroatoms. The summed E-state index contributed by atoms with van der Waals surface area (Å²) in [6.07, 6.45) is 6.72. The maximum absolute atomic E-state index is 12.6. The van der Waals surface area contributed by atoms with Gasteiger partial charge in [0.1, 0.15) is 5.56 Å². The number of carbonyl (C=O) groups is 1. The second kappa shape index (κ2) is 4.83. The molecule has 1 aromatic heterocycles. The third kappa shape index (κ3) is 2.44. The van der Waals surface area contributed by atoms with E-state index in [0.717, 1.165) is 0 Å². The molecule has 1 aromatic rings. The minimum absolute atomic E-state index is 0.0359. The molecule has 0 atom stereocenters. The van der Waals surface area contributed by atoms with E-state index in [2.05, 4.69) is 4.98 Å². The zero-order chi connectivity index (χ0) is 13.4. The molecule has 0 radical (unpaired) electrons. The molecule has 2 aliphatic rings. The standard InChI is InChI=1S/C15H20N2O2/c1-17(13(10-5-6-10)11-7-8-11)15(18)12-4-3-9-16-14(12)19-2/h3-4,9-11,13H,5-8H2,1-2H3. The van der Waals surface area contributed by atoms with Crippen LogP contribution < -0.4 is 4.74 Å². The summed E-state index contributed by atoms with van der Waals surface area (Å²) < 4.78 is 5.19. The van der Waals surface area contributed by atoms with E-state index < -0.39 is 0 Å². The van der Waals surface area contributed by atoms with E-state index in [1.54, 1.807) is 25.4 Å². The zero-order valence-corrected chi connectivity index (χ0v) is 11.5. The predicted molar refractivity (Wildman–Crippen MR) is 72.1 cm³/mol. The molecule has 3 rings (SSSR count). The molecule has 0 spiro atoms. The molecule has 102 valence electrons. The predicted octanol–water partition coefficient (Wildman–Crippen LogP) is 2.35. The van der Waals surface area contributed by atoms with Crippen molar-refractivity contribution < 1.29 is 9.53 Å². The summed E-state index contributed by atoms with van der Waals surface area (Å²) in [5.74, 6) is 1.88. The van der Waals surface area contributed by atoms with Crippen molar-refractivity contribution in [2.75, 3.05) is 14.2 Å². The number of hydrogen-bond acceptors (Lipinski definition) is 3. The highest BCUT2D eigenvalue weighted by Crippen LogP contribution is 2.47. The lowest BCUT2D eigenvalue weighted by Gasteiger charge is -2.28. The van der Waals surface area contributed by atoms with E-state index in [4.69, 9.17) is 4.74 Å². The first-order valence-corrected chi connectivity index (χ1v) is 6.98. The fraction of sp³-hybridized carbons (Fsp3) is 0.600. The number of ether oxygens (including phenoxy) is 1. The van der Waals surface area contributed by atoms with Crippen LogP contribution in [0.15, 0.2) is 18.3 Å². The average molecular weight is 260 g/mol. The van der Waals surface area contributed by atoms with Crippen LogP contribution in [0, 0.1) is 11.8 Å². The van der Waals surface area contributed by atoms with Crippen LogP contribution in [0.2, 0.25) is 0 Å². The van der Waals surface area contributed by atoms with Crippen molar-refractivity contribution in [1.82, 2.24) is 9.88 Å². The van der Waals surface area contributed by atoms with Crippen molar-refractivity contribution in [3.8, 4) is 5.88 Å². The van der Waals surface area contributed by atoms with Crippen LogP contribution in [0.5, 0.6) is 5.88 Å². The smallest absolute Gasteiger partial charge is 0.259 e. The Morgan fingerprint density at radius 3 is 2.53 bits per heavy atom. The van der Waals surface area contributed by atoms with Gasteiger partial charge >= 0.3 is 0 Å². The first-order chi connectivity index (χ1) is 9.22. The highest BCUT2D eigenvalue weighted by atomic mass is 16.5. The fourth-order valence-corrected chi connectivity index (χ4v) is 2.93. The van der Waals surface area contributed by atoms with E-state index in [0.29, 0.717) is 29.3 Å². The summed E-state index contributed by atoms with van der Waals surface area (Å²) in [5.41, 5.74) is 0.568. The maximum Gasteiger partial charge on any atom is 0.259 e. The van der Waals surface area contributed by atoms with E-state index in [1.165, 1.54) is 25.7 Å². The zero-order valence-electron chi connectivity index (χ0n) is 11.5. The molecule has 0 aromatic carbocycles. The number of hydrogen-bond donors (Lipinski definition) is 0. The maximum atomic E-state index is 12.6. The number of aromatic nitrogens is 1. The van der Waals surface area contributed by atoms with Crippen molar-refractivity contribution in [3.05, 3.63) is 23.9 Å². The summed E-state index contributed by atoms with van der Waals surface area (Å²) in [7, 11) is 3.48. The SMILES string of the molecule is COc1ncccc1C(=O)N(C)C(C1CC1)C1CC1. The molecular weight excluding hydrogens is 240 g/mol. The molecule has 0 bridgehead atoms. The lowest BCUT2D eigenvalue weighted by Crippen LogP contribution is -2.40. The molecule has 2 saturated carbocycles. The van der Waals surface area contributed by atoms with Gasteiger partial charge in [-0.2, -0.15) is 0 Å². The number of rotatable bonds is 5. The lowest BCUT2D eigenvalue weighted by molar-refractivity contribution is 0.0685. The van der Waals surface area contributed by atoms with Gasteiger partial charge in [0.2, 0.25) is 5.88 Å². The van der Waals surface area contributed by atoms with Gasteiger partial charge in [-0.3, -0.25) is 4.79 Å². The van der Waals surface area contributed by atoms with E-state index in [-0.39, 0.29) is 5.91 Å². The Morgan fingerprint density at radius 1 is 1.37 bits per heavy atom.